The summed E-state index contributed by atoms with van der Waals surface area (Å²) in [5, 5.41) is 42.9. The number of nitriles is 1. The lowest BCUT2D eigenvalue weighted by Crippen LogP contribution is -2.47. The van der Waals surface area contributed by atoms with Crippen molar-refractivity contribution in [1.82, 2.24) is 9.80 Å². The van der Waals surface area contributed by atoms with Crippen molar-refractivity contribution in [2.45, 2.75) is 50.3 Å². The number of carboxylic acids is 4. The summed E-state index contributed by atoms with van der Waals surface area (Å²) in [6.45, 7) is 5.01. The molecular weight excluding hydrogens is 624 g/mol. The molecule has 3 aliphatic rings. The minimum absolute atomic E-state index is 0.0217. The summed E-state index contributed by atoms with van der Waals surface area (Å²) in [5.41, 5.74) is 1.94. The van der Waals surface area contributed by atoms with Crippen LogP contribution >= 0.6 is 0 Å². The van der Waals surface area contributed by atoms with Crippen LogP contribution < -0.4 is 4.90 Å². The second-order valence-electron chi connectivity index (χ2n) is 11.6. The number of hydrogen-bond donors (Lipinski definition) is 4. The lowest BCUT2D eigenvalue weighted by Gasteiger charge is -2.41. The minimum Gasteiger partial charge on any atom is -0.478 e. The molecule has 0 radical (unpaired) electrons. The maximum absolute atomic E-state index is 12.5. The Kier molecular flexibility index (Phi) is 14.1. The highest BCUT2D eigenvalue weighted by Crippen LogP contribution is 2.43. The Balaban J connectivity index is 0.000000325. The fraction of sp³-hybridized carbons (Fsp3) is 0.412. The molecule has 2 bridgehead atoms. The molecule has 0 spiro atoms. The fourth-order valence-corrected chi connectivity index (χ4v) is 6.07. The van der Waals surface area contributed by atoms with E-state index in [9.17, 15) is 29.2 Å². The van der Waals surface area contributed by atoms with Crippen LogP contribution in [0.5, 0.6) is 0 Å². The molecule has 2 unspecified atom stereocenters. The van der Waals surface area contributed by atoms with Crippen molar-refractivity contribution in [2.75, 3.05) is 44.7 Å². The summed E-state index contributed by atoms with van der Waals surface area (Å²) < 4.78 is 5.95. The molecule has 14 nitrogen and oxygen atoms in total. The van der Waals surface area contributed by atoms with E-state index in [1.807, 2.05) is 24.3 Å². The number of carbonyl (C=O) groups excluding carboxylic acids is 1. The minimum atomic E-state index is -1.26. The number of anilines is 1. The van der Waals surface area contributed by atoms with Crippen molar-refractivity contribution in [2.24, 2.45) is 0 Å². The van der Waals surface area contributed by atoms with E-state index < -0.39 is 23.9 Å². The predicted molar refractivity (Wildman–Crippen MR) is 174 cm³/mol. The van der Waals surface area contributed by atoms with Crippen LogP contribution in [0.25, 0.3) is 10.8 Å². The predicted octanol–water partition coefficient (Wildman–Crippen LogP) is 2.82. The van der Waals surface area contributed by atoms with Crippen molar-refractivity contribution >= 4 is 46.3 Å². The monoisotopic (exact) mass is 664 g/mol. The molecular formula is C34H40N4O10. The maximum Gasteiger partial charge on any atom is 0.328 e. The summed E-state index contributed by atoms with van der Waals surface area (Å²) in [4.78, 5) is 58.0. The van der Waals surface area contributed by atoms with Gasteiger partial charge in [-0.05, 0) is 32.0 Å². The second kappa shape index (κ2) is 18.2. The van der Waals surface area contributed by atoms with E-state index in [1.165, 1.54) is 5.69 Å². The molecule has 3 saturated heterocycles. The number of hydrogen-bond acceptors (Lipinski definition) is 10. The van der Waals surface area contributed by atoms with E-state index in [2.05, 4.69) is 39.9 Å². The molecule has 48 heavy (non-hydrogen) atoms. The molecule has 0 saturated carbocycles. The van der Waals surface area contributed by atoms with E-state index in [1.54, 1.807) is 0 Å². The molecule has 5 rings (SSSR count). The third-order valence-corrected chi connectivity index (χ3v) is 8.25. The number of rotatable bonds is 9. The maximum atomic E-state index is 12.5. The van der Waals surface area contributed by atoms with Gasteiger partial charge in [0, 0.05) is 98.4 Å². The van der Waals surface area contributed by atoms with Gasteiger partial charge in [0.15, 0.2) is 0 Å². The van der Waals surface area contributed by atoms with Crippen LogP contribution in [0, 0.1) is 11.3 Å². The lowest BCUT2D eigenvalue weighted by molar-refractivity contribution is -0.151. The topological polar surface area (TPSA) is 209 Å². The Morgan fingerprint density at radius 2 is 1.29 bits per heavy atom. The van der Waals surface area contributed by atoms with Crippen LogP contribution in [0.1, 0.15) is 37.7 Å². The van der Waals surface area contributed by atoms with E-state index in [0.29, 0.717) is 42.8 Å². The Hall–Kier alpha value is -5.26. The molecule has 2 aromatic carbocycles. The van der Waals surface area contributed by atoms with Gasteiger partial charge in [-0.3, -0.25) is 4.79 Å². The van der Waals surface area contributed by atoms with E-state index in [4.69, 9.17) is 25.2 Å². The number of likely N-dealkylation sites (N-methyl/N-ethyl adjacent to an activating group) is 1. The van der Waals surface area contributed by atoms with Gasteiger partial charge in [0.25, 0.3) is 0 Å². The zero-order chi connectivity index (χ0) is 35.2. The summed E-state index contributed by atoms with van der Waals surface area (Å²) >= 11 is 0. The molecule has 0 amide bonds. The number of piperazine rings is 1. The number of fused-ring (bicyclic) bond motifs is 3. The second-order valence-corrected chi connectivity index (χ2v) is 11.6. The van der Waals surface area contributed by atoms with Gasteiger partial charge in [0.2, 0.25) is 0 Å². The quantitative estimate of drug-likeness (QED) is 0.225. The first-order valence-electron chi connectivity index (χ1n) is 15.5. The van der Waals surface area contributed by atoms with Gasteiger partial charge in [-0.25, -0.2) is 19.2 Å². The van der Waals surface area contributed by atoms with Gasteiger partial charge in [-0.2, -0.15) is 5.26 Å². The summed E-state index contributed by atoms with van der Waals surface area (Å²) in [6.07, 6.45) is 6.79. The third-order valence-electron chi connectivity index (χ3n) is 8.25. The highest BCUT2D eigenvalue weighted by molar-refractivity contribution is 5.98. The largest absolute Gasteiger partial charge is 0.478 e. The molecule has 4 N–H and O–H groups in total. The van der Waals surface area contributed by atoms with Gasteiger partial charge in [-0.15, -0.1) is 0 Å². The van der Waals surface area contributed by atoms with Crippen molar-refractivity contribution < 1.29 is 49.1 Å². The number of piperidine rings is 1. The number of benzene rings is 2. The first kappa shape index (κ1) is 37.2. The standard InChI is InChI=1S/C26H32N4O2.2C4H4O4/c1-28-12-14-29(15-13-28)11-10-26(31)32-22-16-20-7-8-21(17-22)30(20)25-9-6-19(18-27)23-4-2-3-5-24(23)25;2*5-3(6)1-2-4(7)8/h2-6,9,20-22H,7-8,10-17H2,1H3;2*1-2H,(H,5,6)(H,7,8)/b;2*2-1+. The van der Waals surface area contributed by atoms with Gasteiger partial charge in [-0.1, -0.05) is 24.3 Å². The molecule has 3 aliphatic heterocycles. The van der Waals surface area contributed by atoms with Crippen LogP contribution in [0.2, 0.25) is 0 Å². The molecule has 0 aliphatic carbocycles. The first-order valence-corrected chi connectivity index (χ1v) is 15.5. The summed E-state index contributed by atoms with van der Waals surface area (Å²) in [6, 6.07) is 15.4. The SMILES string of the molecule is CN1CCN(CCC(=O)OC2CC3CCC(C2)N3c2ccc(C#N)c3ccccc23)CC1.O=C(O)/C=C/C(=O)O.O=C(O)/C=C/C(=O)O. The average molecular weight is 665 g/mol. The molecule has 14 heteroatoms. The smallest absolute Gasteiger partial charge is 0.328 e. The van der Waals surface area contributed by atoms with Crippen molar-refractivity contribution in [3.8, 4) is 6.07 Å². The van der Waals surface area contributed by atoms with Crippen molar-refractivity contribution in [3.63, 3.8) is 0 Å². The zero-order valence-electron chi connectivity index (χ0n) is 26.6. The van der Waals surface area contributed by atoms with Crippen LogP contribution in [-0.2, 0) is 28.7 Å². The Labute approximate surface area is 277 Å². The third kappa shape index (κ3) is 11.5. The van der Waals surface area contributed by atoms with Crippen LogP contribution in [0.15, 0.2) is 60.7 Å². The molecule has 3 fully saturated rings. The first-order chi connectivity index (χ1) is 22.9. The molecule has 2 atom stereocenters. The Bertz CT molecular complexity index is 1500. The molecule has 0 aromatic heterocycles. The van der Waals surface area contributed by atoms with E-state index >= 15 is 0 Å². The van der Waals surface area contributed by atoms with Crippen molar-refractivity contribution in [3.05, 3.63) is 66.3 Å². The number of ether oxygens (including phenoxy) is 1. The molecule has 2 aromatic rings. The number of carboxylic acid groups (broad SMARTS) is 4. The lowest BCUT2D eigenvalue weighted by atomic mass is 9.96. The number of carbonyl (C=O) groups is 5. The normalized spacial score (nSPS) is 20.7. The van der Waals surface area contributed by atoms with Gasteiger partial charge in [0.1, 0.15) is 6.10 Å². The number of aliphatic carboxylic acids is 4. The van der Waals surface area contributed by atoms with E-state index in [0.717, 1.165) is 74.7 Å². The van der Waals surface area contributed by atoms with Gasteiger partial charge >= 0.3 is 29.8 Å². The zero-order valence-corrected chi connectivity index (χ0v) is 26.6. The fourth-order valence-electron chi connectivity index (χ4n) is 6.07. The highest BCUT2D eigenvalue weighted by atomic mass is 16.5. The molecule has 3 heterocycles. The number of esters is 1. The highest BCUT2D eigenvalue weighted by Gasteiger charge is 2.42. The molecule has 256 valence electrons. The summed E-state index contributed by atoms with van der Waals surface area (Å²) in [5.74, 6) is -5.08. The Morgan fingerprint density at radius 3 is 1.77 bits per heavy atom. The van der Waals surface area contributed by atoms with Crippen LogP contribution in [-0.4, -0.2) is 118 Å². The van der Waals surface area contributed by atoms with Gasteiger partial charge < -0.3 is 39.9 Å². The van der Waals surface area contributed by atoms with Crippen LogP contribution in [0.3, 0.4) is 0 Å². The Morgan fingerprint density at radius 1 is 0.792 bits per heavy atom. The average Bonchev–Trinajstić information content (AvgIpc) is 3.31. The van der Waals surface area contributed by atoms with Gasteiger partial charge in [0.05, 0.1) is 18.1 Å². The van der Waals surface area contributed by atoms with Crippen LogP contribution in [0.4, 0.5) is 5.69 Å². The van der Waals surface area contributed by atoms with Crippen molar-refractivity contribution in [1.29, 1.82) is 5.26 Å². The summed E-state index contributed by atoms with van der Waals surface area (Å²) in [7, 11) is 2.15. The number of nitrogens with zero attached hydrogens (tertiary/aromatic N) is 4. The van der Waals surface area contributed by atoms with E-state index in [-0.39, 0.29) is 12.1 Å².